The number of likely N-dealkylation sites (N-methyl/N-ethyl adjacent to an activating group) is 1. The second kappa shape index (κ2) is 9.88. The number of amides is 2. The van der Waals surface area contributed by atoms with Gasteiger partial charge in [0.2, 0.25) is 5.91 Å². The molecule has 0 spiro atoms. The Morgan fingerprint density at radius 2 is 1.82 bits per heavy atom. The van der Waals surface area contributed by atoms with Crippen LogP contribution < -0.4 is 10.1 Å². The summed E-state index contributed by atoms with van der Waals surface area (Å²) in [6, 6.07) is 11.0. The van der Waals surface area contributed by atoms with Gasteiger partial charge >= 0.3 is 0 Å². The summed E-state index contributed by atoms with van der Waals surface area (Å²) in [5.41, 5.74) is 2.70. The Balaban J connectivity index is 2.16. The molecule has 0 saturated carbocycles. The molecule has 0 fully saturated rings. The van der Waals surface area contributed by atoms with Crippen LogP contribution in [0.2, 0.25) is 0 Å². The zero-order valence-electron chi connectivity index (χ0n) is 16.8. The Bertz CT molecular complexity index is 821. The second-order valence-electron chi connectivity index (χ2n) is 6.78. The number of nitrogens with zero attached hydrogens (tertiary/aromatic N) is 1. The molecule has 0 unspecified atom stereocenters. The zero-order valence-corrected chi connectivity index (χ0v) is 16.8. The van der Waals surface area contributed by atoms with Crippen molar-refractivity contribution in [1.82, 2.24) is 10.2 Å². The summed E-state index contributed by atoms with van der Waals surface area (Å²) < 4.78 is 18.9. The van der Waals surface area contributed by atoms with E-state index < -0.39 is 6.04 Å². The van der Waals surface area contributed by atoms with Gasteiger partial charge in [0.1, 0.15) is 17.6 Å². The van der Waals surface area contributed by atoms with Crippen molar-refractivity contribution < 1.29 is 18.7 Å². The first-order valence-electron chi connectivity index (χ1n) is 9.33. The number of ether oxygens (including phenoxy) is 1. The van der Waals surface area contributed by atoms with Crippen molar-refractivity contribution in [3.63, 3.8) is 0 Å². The molecule has 0 aromatic heterocycles. The summed E-state index contributed by atoms with van der Waals surface area (Å²) >= 11 is 0. The van der Waals surface area contributed by atoms with E-state index in [-0.39, 0.29) is 30.8 Å². The summed E-state index contributed by atoms with van der Waals surface area (Å²) in [4.78, 5) is 26.6. The number of benzene rings is 2. The van der Waals surface area contributed by atoms with E-state index in [9.17, 15) is 14.0 Å². The van der Waals surface area contributed by atoms with Gasteiger partial charge < -0.3 is 15.0 Å². The standard InChI is InChI=1S/C22H27FN2O3/c1-5-24-22(27)17(4)25(13-18-8-10-19(23)11-9-18)21(26)14-28-20-12-15(2)6-7-16(20)3/h6-12,17H,5,13-14H2,1-4H3,(H,24,27)/t17-/m0/s1. The van der Waals surface area contributed by atoms with Crippen molar-refractivity contribution >= 4 is 11.8 Å². The number of aryl methyl sites for hydroxylation is 2. The van der Waals surface area contributed by atoms with Crippen LogP contribution in [0.25, 0.3) is 0 Å². The predicted molar refractivity (Wildman–Crippen MR) is 107 cm³/mol. The quantitative estimate of drug-likeness (QED) is 0.757. The smallest absolute Gasteiger partial charge is 0.261 e. The van der Waals surface area contributed by atoms with E-state index >= 15 is 0 Å². The third-order valence-corrected chi connectivity index (χ3v) is 4.48. The van der Waals surface area contributed by atoms with Gasteiger partial charge in [-0.15, -0.1) is 0 Å². The maximum absolute atomic E-state index is 13.2. The topological polar surface area (TPSA) is 58.6 Å². The molecule has 0 aliphatic carbocycles. The highest BCUT2D eigenvalue weighted by Gasteiger charge is 2.26. The van der Waals surface area contributed by atoms with Crippen molar-refractivity contribution in [3.8, 4) is 5.75 Å². The highest BCUT2D eigenvalue weighted by molar-refractivity contribution is 5.87. The predicted octanol–water partition coefficient (Wildman–Crippen LogP) is 3.37. The van der Waals surface area contributed by atoms with Gasteiger partial charge in [-0.3, -0.25) is 9.59 Å². The average molecular weight is 386 g/mol. The molecule has 2 rings (SSSR count). The number of halogens is 1. The van der Waals surface area contributed by atoms with E-state index in [0.717, 1.165) is 16.7 Å². The minimum absolute atomic E-state index is 0.185. The summed E-state index contributed by atoms with van der Waals surface area (Å²) in [5.74, 6) is -0.272. The first-order chi connectivity index (χ1) is 13.3. The summed E-state index contributed by atoms with van der Waals surface area (Å²) in [6.07, 6.45) is 0. The molecule has 2 aromatic rings. The molecule has 5 nitrogen and oxygen atoms in total. The van der Waals surface area contributed by atoms with E-state index in [2.05, 4.69) is 5.32 Å². The van der Waals surface area contributed by atoms with Crippen molar-refractivity contribution in [2.24, 2.45) is 0 Å². The molecule has 2 amide bonds. The van der Waals surface area contributed by atoms with Gasteiger partial charge in [-0.1, -0.05) is 24.3 Å². The lowest BCUT2D eigenvalue weighted by Crippen LogP contribution is -2.49. The lowest BCUT2D eigenvalue weighted by Gasteiger charge is -2.28. The molecule has 0 aliphatic heterocycles. The number of nitrogens with one attached hydrogen (secondary N) is 1. The molecular formula is C22H27FN2O3. The Hall–Kier alpha value is -2.89. The van der Waals surface area contributed by atoms with Gasteiger partial charge in [0.05, 0.1) is 0 Å². The van der Waals surface area contributed by atoms with E-state index in [0.29, 0.717) is 12.3 Å². The minimum Gasteiger partial charge on any atom is -0.483 e. The Morgan fingerprint density at radius 1 is 1.14 bits per heavy atom. The minimum atomic E-state index is -0.681. The van der Waals surface area contributed by atoms with Crippen LogP contribution in [0.4, 0.5) is 4.39 Å². The van der Waals surface area contributed by atoms with Crippen LogP contribution in [0.5, 0.6) is 5.75 Å². The Kier molecular flexibility index (Phi) is 7.55. The van der Waals surface area contributed by atoms with E-state index in [1.165, 1.54) is 17.0 Å². The third kappa shape index (κ3) is 5.81. The maximum Gasteiger partial charge on any atom is 0.261 e. The molecule has 0 heterocycles. The molecule has 0 saturated heterocycles. The average Bonchev–Trinajstić information content (AvgIpc) is 2.67. The van der Waals surface area contributed by atoms with Crippen molar-refractivity contribution in [2.45, 2.75) is 40.3 Å². The summed E-state index contributed by atoms with van der Waals surface area (Å²) in [7, 11) is 0. The lowest BCUT2D eigenvalue weighted by atomic mass is 10.1. The first-order valence-corrected chi connectivity index (χ1v) is 9.33. The van der Waals surface area contributed by atoms with Crippen LogP contribution in [-0.4, -0.2) is 35.9 Å². The van der Waals surface area contributed by atoms with Crippen LogP contribution in [0.1, 0.15) is 30.5 Å². The normalized spacial score (nSPS) is 11.6. The number of carbonyl (C=O) groups is 2. The first kappa shape index (κ1) is 21.4. The van der Waals surface area contributed by atoms with Crippen molar-refractivity contribution in [1.29, 1.82) is 0 Å². The molecule has 1 N–H and O–H groups in total. The summed E-state index contributed by atoms with van der Waals surface area (Å²) in [5, 5.41) is 2.73. The third-order valence-electron chi connectivity index (χ3n) is 4.48. The van der Waals surface area contributed by atoms with Gasteiger partial charge in [0.25, 0.3) is 5.91 Å². The maximum atomic E-state index is 13.2. The number of carbonyl (C=O) groups excluding carboxylic acids is 2. The molecule has 2 aromatic carbocycles. The van der Waals surface area contributed by atoms with Gasteiger partial charge in [-0.05, 0) is 62.6 Å². The molecule has 28 heavy (non-hydrogen) atoms. The van der Waals surface area contributed by atoms with Crippen LogP contribution in [0, 0.1) is 19.7 Å². The molecular weight excluding hydrogens is 359 g/mol. The number of hydrogen-bond acceptors (Lipinski definition) is 3. The zero-order chi connectivity index (χ0) is 20.7. The van der Waals surface area contributed by atoms with Gasteiger partial charge in [-0.25, -0.2) is 4.39 Å². The highest BCUT2D eigenvalue weighted by Crippen LogP contribution is 2.19. The SMILES string of the molecule is CCNC(=O)[C@H](C)N(Cc1ccc(F)cc1)C(=O)COc1cc(C)ccc1C. The largest absolute Gasteiger partial charge is 0.483 e. The van der Waals surface area contributed by atoms with Gasteiger partial charge in [-0.2, -0.15) is 0 Å². The molecule has 1 atom stereocenters. The van der Waals surface area contributed by atoms with Gasteiger partial charge in [0, 0.05) is 13.1 Å². The molecule has 0 radical (unpaired) electrons. The second-order valence-corrected chi connectivity index (χ2v) is 6.78. The van der Waals surface area contributed by atoms with Crippen molar-refractivity contribution in [3.05, 3.63) is 65.0 Å². The van der Waals surface area contributed by atoms with Gasteiger partial charge in [0.15, 0.2) is 6.61 Å². The van der Waals surface area contributed by atoms with E-state index in [4.69, 9.17) is 4.74 Å². The van der Waals surface area contributed by atoms with E-state index in [1.54, 1.807) is 19.1 Å². The molecule has 0 aliphatic rings. The Morgan fingerprint density at radius 3 is 2.46 bits per heavy atom. The van der Waals surface area contributed by atoms with Crippen LogP contribution >= 0.6 is 0 Å². The van der Waals surface area contributed by atoms with Crippen molar-refractivity contribution in [2.75, 3.05) is 13.2 Å². The summed E-state index contributed by atoms with van der Waals surface area (Å²) in [6.45, 7) is 7.83. The highest BCUT2D eigenvalue weighted by atomic mass is 19.1. The molecule has 0 bridgehead atoms. The lowest BCUT2D eigenvalue weighted by molar-refractivity contribution is -0.142. The van der Waals surface area contributed by atoms with Crippen LogP contribution in [0.15, 0.2) is 42.5 Å². The van der Waals surface area contributed by atoms with Crippen LogP contribution in [-0.2, 0) is 16.1 Å². The number of rotatable bonds is 8. The fraction of sp³-hybridized carbons (Fsp3) is 0.364. The molecule has 6 heteroatoms. The fourth-order valence-electron chi connectivity index (χ4n) is 2.78. The Labute approximate surface area is 165 Å². The van der Waals surface area contributed by atoms with Crippen LogP contribution in [0.3, 0.4) is 0 Å². The number of hydrogen-bond donors (Lipinski definition) is 1. The fourth-order valence-corrected chi connectivity index (χ4v) is 2.78. The monoisotopic (exact) mass is 386 g/mol. The molecule has 150 valence electrons. The van der Waals surface area contributed by atoms with E-state index in [1.807, 2.05) is 39.0 Å².